The molecule has 0 spiro atoms. The van der Waals surface area contributed by atoms with Crippen LogP contribution < -0.4 is 10.2 Å². The van der Waals surface area contributed by atoms with Crippen molar-refractivity contribution < 1.29 is 0 Å². The number of hydrogen-bond donors (Lipinski definition) is 1. The largest absolute Gasteiger partial charge is 0.354 e. The zero-order valence-electron chi connectivity index (χ0n) is 11.7. The number of nitrogens with one attached hydrogen (secondary N) is 1. The Morgan fingerprint density at radius 2 is 2.00 bits per heavy atom. The highest BCUT2D eigenvalue weighted by molar-refractivity contribution is 6.32. The number of piperazine rings is 1. The van der Waals surface area contributed by atoms with Gasteiger partial charge in [0.05, 0.1) is 6.20 Å². The maximum Gasteiger partial charge on any atom is 0.224 e. The van der Waals surface area contributed by atoms with Gasteiger partial charge in [-0.1, -0.05) is 25.4 Å². The van der Waals surface area contributed by atoms with E-state index >= 15 is 0 Å². The monoisotopic (exact) mass is 283 g/mol. The second kappa shape index (κ2) is 6.91. The molecule has 0 radical (unpaired) electrons. The molecule has 6 heteroatoms. The molecule has 0 atom stereocenters. The molecule has 0 amide bonds. The van der Waals surface area contributed by atoms with Crippen molar-refractivity contribution in [3.05, 3.63) is 11.2 Å². The molecule has 1 aliphatic heterocycles. The summed E-state index contributed by atoms with van der Waals surface area (Å²) in [4.78, 5) is 13.4. The molecule has 0 aromatic carbocycles. The van der Waals surface area contributed by atoms with E-state index in [0.717, 1.165) is 51.5 Å². The highest BCUT2D eigenvalue weighted by Crippen LogP contribution is 2.24. The number of rotatable bonds is 5. The summed E-state index contributed by atoms with van der Waals surface area (Å²) in [5.74, 6) is 1.52. The van der Waals surface area contributed by atoms with Gasteiger partial charge < -0.3 is 15.1 Å². The molecule has 0 unspecified atom stereocenters. The standard InChI is InChI=1S/C13H22ClN5/c1-3-5-15-13-16-10-11(14)12(17-13)19-8-6-18(4-2)7-9-19/h10H,3-9H2,1-2H3,(H,15,16,17). The van der Waals surface area contributed by atoms with Gasteiger partial charge in [0.25, 0.3) is 0 Å². The third kappa shape index (κ3) is 3.70. The first-order valence-corrected chi connectivity index (χ1v) is 7.36. The van der Waals surface area contributed by atoms with Crippen molar-refractivity contribution in [3.63, 3.8) is 0 Å². The van der Waals surface area contributed by atoms with Crippen LogP contribution in [0.15, 0.2) is 6.20 Å². The summed E-state index contributed by atoms with van der Waals surface area (Å²) in [6, 6.07) is 0. The van der Waals surface area contributed by atoms with Crippen LogP contribution in [0.5, 0.6) is 0 Å². The number of hydrogen-bond acceptors (Lipinski definition) is 5. The van der Waals surface area contributed by atoms with E-state index in [2.05, 4.69) is 38.9 Å². The third-order valence-electron chi connectivity index (χ3n) is 3.38. The van der Waals surface area contributed by atoms with Gasteiger partial charge in [0.1, 0.15) is 5.02 Å². The molecule has 2 heterocycles. The molecule has 1 saturated heterocycles. The van der Waals surface area contributed by atoms with Gasteiger partial charge in [0.2, 0.25) is 5.95 Å². The molecule has 106 valence electrons. The van der Waals surface area contributed by atoms with Crippen molar-refractivity contribution in [1.29, 1.82) is 0 Å². The Morgan fingerprint density at radius 1 is 1.26 bits per heavy atom. The number of halogens is 1. The minimum Gasteiger partial charge on any atom is -0.354 e. The average molecular weight is 284 g/mol. The molecule has 1 aromatic heterocycles. The fourth-order valence-electron chi connectivity index (χ4n) is 2.18. The fraction of sp³-hybridized carbons (Fsp3) is 0.692. The average Bonchev–Trinajstić information content (AvgIpc) is 2.46. The van der Waals surface area contributed by atoms with Gasteiger partial charge in [0.15, 0.2) is 5.82 Å². The zero-order chi connectivity index (χ0) is 13.7. The van der Waals surface area contributed by atoms with Crippen molar-refractivity contribution in [1.82, 2.24) is 14.9 Å². The van der Waals surface area contributed by atoms with Crippen LogP contribution >= 0.6 is 11.6 Å². The first-order chi connectivity index (χ1) is 9.24. The minimum absolute atomic E-state index is 0.631. The van der Waals surface area contributed by atoms with Crippen molar-refractivity contribution in [2.45, 2.75) is 20.3 Å². The van der Waals surface area contributed by atoms with Crippen LogP contribution in [0, 0.1) is 0 Å². The lowest BCUT2D eigenvalue weighted by molar-refractivity contribution is 0.270. The van der Waals surface area contributed by atoms with E-state index < -0.39 is 0 Å². The number of nitrogens with zero attached hydrogens (tertiary/aromatic N) is 4. The van der Waals surface area contributed by atoms with E-state index in [0.29, 0.717) is 11.0 Å². The third-order valence-corrected chi connectivity index (χ3v) is 3.64. The van der Waals surface area contributed by atoms with Crippen LogP contribution in [-0.2, 0) is 0 Å². The second-order valence-corrected chi connectivity index (χ2v) is 5.12. The molecule has 5 nitrogen and oxygen atoms in total. The minimum atomic E-state index is 0.631. The lowest BCUT2D eigenvalue weighted by Gasteiger charge is -2.35. The Morgan fingerprint density at radius 3 is 2.63 bits per heavy atom. The van der Waals surface area contributed by atoms with Gasteiger partial charge in [-0.2, -0.15) is 4.98 Å². The maximum absolute atomic E-state index is 6.23. The second-order valence-electron chi connectivity index (χ2n) is 4.71. The van der Waals surface area contributed by atoms with Gasteiger partial charge >= 0.3 is 0 Å². The van der Waals surface area contributed by atoms with Gasteiger partial charge in [0, 0.05) is 32.7 Å². The lowest BCUT2D eigenvalue weighted by atomic mass is 10.3. The van der Waals surface area contributed by atoms with E-state index in [1.807, 2.05) is 0 Å². The van der Waals surface area contributed by atoms with Crippen LogP contribution in [0.2, 0.25) is 5.02 Å². The van der Waals surface area contributed by atoms with E-state index in [1.165, 1.54) is 0 Å². The van der Waals surface area contributed by atoms with Gasteiger partial charge in [-0.15, -0.1) is 0 Å². The molecule has 0 bridgehead atoms. The first-order valence-electron chi connectivity index (χ1n) is 6.98. The summed E-state index contributed by atoms with van der Waals surface area (Å²) in [5, 5.41) is 3.83. The molecule has 2 rings (SSSR count). The predicted molar refractivity (Wildman–Crippen MR) is 80.1 cm³/mol. The Hall–Kier alpha value is -1.07. The van der Waals surface area contributed by atoms with Gasteiger partial charge in [-0.05, 0) is 13.0 Å². The van der Waals surface area contributed by atoms with Crippen LogP contribution in [0.3, 0.4) is 0 Å². The summed E-state index contributed by atoms with van der Waals surface area (Å²) in [6.45, 7) is 10.4. The summed E-state index contributed by atoms with van der Waals surface area (Å²) in [5.41, 5.74) is 0. The number of anilines is 2. The maximum atomic E-state index is 6.23. The van der Waals surface area contributed by atoms with Crippen LogP contribution in [-0.4, -0.2) is 54.1 Å². The highest BCUT2D eigenvalue weighted by Gasteiger charge is 2.19. The number of likely N-dealkylation sites (N-methyl/N-ethyl adjacent to an activating group) is 1. The van der Waals surface area contributed by atoms with E-state index in [9.17, 15) is 0 Å². The Labute approximate surface area is 120 Å². The van der Waals surface area contributed by atoms with Gasteiger partial charge in [-0.25, -0.2) is 4.98 Å². The molecule has 1 fully saturated rings. The molecule has 0 aliphatic carbocycles. The number of aromatic nitrogens is 2. The zero-order valence-corrected chi connectivity index (χ0v) is 12.4. The predicted octanol–water partition coefficient (Wildman–Crippen LogP) is 2.09. The van der Waals surface area contributed by atoms with Crippen LogP contribution in [0.1, 0.15) is 20.3 Å². The quantitative estimate of drug-likeness (QED) is 0.896. The fourth-order valence-corrected chi connectivity index (χ4v) is 2.39. The van der Waals surface area contributed by atoms with Crippen molar-refractivity contribution in [3.8, 4) is 0 Å². The lowest BCUT2D eigenvalue weighted by Crippen LogP contribution is -2.46. The normalized spacial score (nSPS) is 16.7. The van der Waals surface area contributed by atoms with Crippen molar-refractivity contribution >= 4 is 23.4 Å². The van der Waals surface area contributed by atoms with Crippen LogP contribution in [0.4, 0.5) is 11.8 Å². The molecule has 1 N–H and O–H groups in total. The topological polar surface area (TPSA) is 44.3 Å². The summed E-state index contributed by atoms with van der Waals surface area (Å²) < 4.78 is 0. The van der Waals surface area contributed by atoms with Crippen molar-refractivity contribution in [2.24, 2.45) is 0 Å². The van der Waals surface area contributed by atoms with Crippen molar-refractivity contribution in [2.75, 3.05) is 49.5 Å². The summed E-state index contributed by atoms with van der Waals surface area (Å²) in [6.07, 6.45) is 2.74. The Kier molecular flexibility index (Phi) is 5.22. The van der Waals surface area contributed by atoms with E-state index in [1.54, 1.807) is 6.20 Å². The molecular formula is C13H22ClN5. The smallest absolute Gasteiger partial charge is 0.224 e. The Balaban J connectivity index is 2.06. The summed E-state index contributed by atoms with van der Waals surface area (Å²) >= 11 is 6.23. The van der Waals surface area contributed by atoms with E-state index in [-0.39, 0.29) is 0 Å². The summed E-state index contributed by atoms with van der Waals surface area (Å²) in [7, 11) is 0. The molecule has 19 heavy (non-hydrogen) atoms. The SMILES string of the molecule is CCCNc1ncc(Cl)c(N2CCN(CC)CC2)n1. The first kappa shape index (κ1) is 14.3. The van der Waals surface area contributed by atoms with Gasteiger partial charge in [-0.3, -0.25) is 0 Å². The molecule has 0 saturated carbocycles. The molecule has 1 aromatic rings. The van der Waals surface area contributed by atoms with E-state index in [4.69, 9.17) is 11.6 Å². The molecular weight excluding hydrogens is 262 g/mol. The van der Waals surface area contributed by atoms with Crippen LogP contribution in [0.25, 0.3) is 0 Å². The molecule has 1 aliphatic rings. The highest BCUT2D eigenvalue weighted by atomic mass is 35.5. The Bertz CT molecular complexity index is 404.